The highest BCUT2D eigenvalue weighted by molar-refractivity contribution is 7.99. The largest absolute Gasteiger partial charge is 0.497 e. The van der Waals surface area contributed by atoms with Gasteiger partial charge < -0.3 is 34.2 Å². The number of aliphatic hydroxyl groups is 2. The van der Waals surface area contributed by atoms with Gasteiger partial charge in [0, 0.05) is 64.1 Å². The van der Waals surface area contributed by atoms with Crippen LogP contribution in [0.5, 0.6) is 5.75 Å². The van der Waals surface area contributed by atoms with E-state index in [1.807, 2.05) is 51.9 Å². The van der Waals surface area contributed by atoms with Crippen molar-refractivity contribution in [2.75, 3.05) is 52.8 Å². The van der Waals surface area contributed by atoms with Crippen LogP contribution in [0.4, 0.5) is 0 Å². The van der Waals surface area contributed by atoms with E-state index in [1.54, 1.807) is 24.4 Å². The summed E-state index contributed by atoms with van der Waals surface area (Å²) in [5.41, 5.74) is 4.90. The van der Waals surface area contributed by atoms with Gasteiger partial charge in [0.15, 0.2) is 11.0 Å². The van der Waals surface area contributed by atoms with Crippen LogP contribution in [0.3, 0.4) is 0 Å². The predicted molar refractivity (Wildman–Crippen MR) is 216 cm³/mol. The summed E-state index contributed by atoms with van der Waals surface area (Å²) in [5.74, 6) is 0.800. The zero-order valence-electron chi connectivity index (χ0n) is 33.5. The minimum Gasteiger partial charge on any atom is -0.497 e. The highest BCUT2D eigenvalue weighted by Gasteiger charge is 2.38. The van der Waals surface area contributed by atoms with Crippen LogP contribution in [0.15, 0.2) is 72.1 Å². The Kier molecular flexibility index (Phi) is 15.4. The zero-order chi connectivity index (χ0) is 40.4. The van der Waals surface area contributed by atoms with Crippen LogP contribution >= 0.6 is 11.8 Å². The molecule has 5 rings (SSSR count). The number of aryl methyl sites for hydroxylation is 2. The highest BCUT2D eigenvalue weighted by Crippen LogP contribution is 2.38. The van der Waals surface area contributed by atoms with Gasteiger partial charge in [-0.3, -0.25) is 19.1 Å². The molecule has 0 bridgehead atoms. The van der Waals surface area contributed by atoms with Crippen molar-refractivity contribution < 1.29 is 34.0 Å². The summed E-state index contributed by atoms with van der Waals surface area (Å²) < 4.78 is 19.1. The van der Waals surface area contributed by atoms with Crippen LogP contribution in [0, 0.1) is 25.7 Å². The Morgan fingerprint density at radius 2 is 1.75 bits per heavy atom. The fourth-order valence-corrected chi connectivity index (χ4v) is 7.94. The van der Waals surface area contributed by atoms with E-state index in [9.17, 15) is 19.8 Å². The Morgan fingerprint density at radius 1 is 0.982 bits per heavy atom. The summed E-state index contributed by atoms with van der Waals surface area (Å²) in [5, 5.41) is 31.6. The number of amides is 2. The van der Waals surface area contributed by atoms with Crippen molar-refractivity contribution in [3.05, 3.63) is 83.7 Å². The number of aliphatic hydroxyl groups excluding tert-OH is 2. The standard InChI is InChI=1S/C42H56N6O7S/c1-27(2)35-23-46(30(5)49)24-37(54-7)40(52)36(50)25-55-20-9-8-19-47(39(35)32-11-10-12-34(22-32)53-6)38(51)26-56-42-45-44-41(31-15-17-43-18-16-31)48(42)33-14-13-28(3)29(4)21-33/h10-18,21-22,27,35-37,39-40,50,52H,8-9,19-20,23-26H2,1-7H3/t35-,36+,37+,39-,40+/m1/s1. The molecule has 56 heavy (non-hydrogen) atoms. The minimum atomic E-state index is -1.28. The van der Waals surface area contributed by atoms with Crippen molar-refractivity contribution >= 4 is 23.6 Å². The van der Waals surface area contributed by atoms with E-state index in [-0.39, 0.29) is 49.1 Å². The Balaban J connectivity index is 1.56. The van der Waals surface area contributed by atoms with Crippen LogP contribution in [0.25, 0.3) is 17.1 Å². The van der Waals surface area contributed by atoms with Gasteiger partial charge in [0.1, 0.15) is 24.1 Å². The maximum absolute atomic E-state index is 14.9. The average molecular weight is 789 g/mol. The molecule has 14 heteroatoms. The Hall–Kier alpha value is -4.34. The van der Waals surface area contributed by atoms with Gasteiger partial charge in [0.2, 0.25) is 11.8 Å². The number of carbonyl (C=O) groups excluding carboxylic acids is 2. The molecule has 5 atom stereocenters. The van der Waals surface area contributed by atoms with E-state index in [4.69, 9.17) is 14.2 Å². The van der Waals surface area contributed by atoms with Crippen LogP contribution < -0.4 is 4.74 Å². The first-order valence-electron chi connectivity index (χ1n) is 19.1. The van der Waals surface area contributed by atoms with Crippen LogP contribution in [-0.4, -0.2) is 123 Å². The summed E-state index contributed by atoms with van der Waals surface area (Å²) >= 11 is 1.33. The molecule has 302 valence electrons. The molecule has 1 fully saturated rings. The Morgan fingerprint density at radius 3 is 2.43 bits per heavy atom. The van der Waals surface area contributed by atoms with Crippen molar-refractivity contribution in [1.82, 2.24) is 29.5 Å². The van der Waals surface area contributed by atoms with Gasteiger partial charge in [-0.05, 0) is 85.7 Å². The SMILES string of the molecule is COc1cccc([C@@H]2[C@@H](C(C)C)CN(C(C)=O)C[C@H](OC)[C@@H](O)[C@@H](O)COCCCCN2C(=O)CSc2nnc(-c3ccncc3)n2-c2ccc(C)c(C)c2)c1. The molecule has 1 aliphatic rings. The molecule has 1 aliphatic heterocycles. The molecule has 2 N–H and O–H groups in total. The number of nitrogens with zero attached hydrogens (tertiary/aromatic N) is 6. The molecule has 0 aliphatic carbocycles. The van der Waals surface area contributed by atoms with E-state index in [2.05, 4.69) is 55.0 Å². The van der Waals surface area contributed by atoms with Crippen molar-refractivity contribution in [2.24, 2.45) is 11.8 Å². The van der Waals surface area contributed by atoms with Gasteiger partial charge in [0.05, 0.1) is 31.2 Å². The number of hydrogen-bond acceptors (Lipinski definition) is 11. The lowest BCUT2D eigenvalue weighted by molar-refractivity contribution is -0.139. The van der Waals surface area contributed by atoms with Gasteiger partial charge in [-0.2, -0.15) is 0 Å². The van der Waals surface area contributed by atoms with E-state index in [0.717, 1.165) is 27.9 Å². The lowest BCUT2D eigenvalue weighted by Gasteiger charge is -2.42. The zero-order valence-corrected chi connectivity index (χ0v) is 34.3. The normalized spacial score (nSPS) is 21.7. The monoisotopic (exact) mass is 788 g/mol. The summed E-state index contributed by atoms with van der Waals surface area (Å²) in [4.78, 5) is 36.0. The number of pyridine rings is 1. The molecule has 0 spiro atoms. The van der Waals surface area contributed by atoms with E-state index in [1.165, 1.54) is 25.8 Å². The van der Waals surface area contributed by atoms with E-state index >= 15 is 0 Å². The van der Waals surface area contributed by atoms with Crippen molar-refractivity contribution in [3.8, 4) is 22.8 Å². The molecular weight excluding hydrogens is 733 g/mol. The molecule has 13 nitrogen and oxygen atoms in total. The summed E-state index contributed by atoms with van der Waals surface area (Å²) in [6.07, 6.45) is 1.31. The highest BCUT2D eigenvalue weighted by atomic mass is 32.2. The second kappa shape index (κ2) is 20.2. The molecule has 4 aromatic rings. The fourth-order valence-electron chi connectivity index (χ4n) is 7.10. The molecule has 0 radical (unpaired) electrons. The lowest BCUT2D eigenvalue weighted by atomic mass is 9.82. The predicted octanol–water partition coefficient (Wildman–Crippen LogP) is 5.28. The quantitative estimate of drug-likeness (QED) is 0.213. The van der Waals surface area contributed by atoms with Gasteiger partial charge >= 0.3 is 0 Å². The smallest absolute Gasteiger partial charge is 0.233 e. The second-order valence-corrected chi connectivity index (χ2v) is 15.6. The van der Waals surface area contributed by atoms with Gasteiger partial charge in [-0.25, -0.2) is 0 Å². The van der Waals surface area contributed by atoms with Crippen molar-refractivity contribution in [1.29, 1.82) is 0 Å². The summed E-state index contributed by atoms with van der Waals surface area (Å²) in [7, 11) is 3.06. The molecule has 2 aromatic carbocycles. The third-order valence-corrected chi connectivity index (χ3v) is 11.5. The number of benzene rings is 2. The third-order valence-electron chi connectivity index (χ3n) is 10.6. The minimum absolute atomic E-state index is 0.00215. The second-order valence-electron chi connectivity index (χ2n) is 14.7. The van der Waals surface area contributed by atoms with Gasteiger partial charge in [0.25, 0.3) is 0 Å². The van der Waals surface area contributed by atoms with E-state index in [0.29, 0.717) is 42.7 Å². The number of ether oxygens (including phenoxy) is 3. The van der Waals surface area contributed by atoms with Crippen molar-refractivity contribution in [2.45, 2.75) is 77.0 Å². The maximum Gasteiger partial charge on any atom is 0.233 e. The van der Waals surface area contributed by atoms with Crippen LogP contribution in [0.2, 0.25) is 0 Å². The molecule has 1 saturated heterocycles. The van der Waals surface area contributed by atoms with Gasteiger partial charge in [-0.1, -0.05) is 43.8 Å². The first-order chi connectivity index (χ1) is 26.9. The first kappa shape index (κ1) is 42.8. The molecule has 0 unspecified atom stereocenters. The number of hydrogen-bond donors (Lipinski definition) is 2. The van der Waals surface area contributed by atoms with E-state index < -0.39 is 24.4 Å². The summed E-state index contributed by atoms with van der Waals surface area (Å²) in [6.45, 7) is 10.7. The molecule has 3 heterocycles. The topological polar surface area (TPSA) is 152 Å². The Labute approximate surface area is 334 Å². The number of carbonyl (C=O) groups is 2. The number of rotatable bonds is 9. The molecule has 0 saturated carbocycles. The first-order valence-corrected chi connectivity index (χ1v) is 20.1. The fraction of sp³-hybridized carbons (Fsp3) is 0.500. The number of aromatic nitrogens is 4. The summed E-state index contributed by atoms with van der Waals surface area (Å²) in [6, 6.07) is 17.3. The molecule has 2 amide bonds. The third kappa shape index (κ3) is 10.5. The molecular formula is C42H56N6O7S. The number of methoxy groups -OCH3 is 2. The van der Waals surface area contributed by atoms with Crippen LogP contribution in [-0.2, 0) is 19.1 Å². The van der Waals surface area contributed by atoms with Gasteiger partial charge in [-0.15, -0.1) is 10.2 Å². The van der Waals surface area contributed by atoms with Crippen LogP contribution in [0.1, 0.15) is 56.3 Å². The molecule has 2 aromatic heterocycles. The lowest BCUT2D eigenvalue weighted by Crippen LogP contribution is -2.51. The number of thioether (sulfide) groups is 1. The average Bonchev–Trinajstić information content (AvgIpc) is 3.62. The Bertz CT molecular complexity index is 1890. The van der Waals surface area contributed by atoms with Crippen molar-refractivity contribution in [3.63, 3.8) is 0 Å². The maximum atomic E-state index is 14.9.